The molecule has 0 radical (unpaired) electrons. The van der Waals surface area contributed by atoms with E-state index < -0.39 is 5.41 Å². The lowest BCUT2D eigenvalue weighted by molar-refractivity contribution is 0.669. The number of benzene rings is 11. The van der Waals surface area contributed by atoms with E-state index in [1.807, 2.05) is 0 Å². The summed E-state index contributed by atoms with van der Waals surface area (Å²) in [6, 6.07) is 97.2. The van der Waals surface area contributed by atoms with Crippen molar-refractivity contribution in [3.63, 3.8) is 0 Å². The third kappa shape index (κ3) is 5.95. The molecule has 328 valence electrons. The smallest absolute Gasteiger partial charge is 0.143 e. The Kier molecular flexibility index (Phi) is 9.11. The zero-order chi connectivity index (χ0) is 46.2. The second-order valence-electron chi connectivity index (χ2n) is 18.3. The summed E-state index contributed by atoms with van der Waals surface area (Å²) in [6.07, 6.45) is 0. The standard InChI is InChI=1S/C67H44N2O/c1-5-19-45(20-6-1)47-35-39-51(40-36-47)68(49-23-9-3-10-24-49)60-32-17-30-57-64(60)65-58(67(57)56-29-15-13-28-55(56)63-59(67)44-43-54-53-27-14-16-34-62(53)70-66(54)63)31-18-33-61(65)69(50-25-11-4-12-26-50)52-41-37-48(38-42-52)46-21-7-2-8-22-46/h1-44H. The molecule has 2 aliphatic carbocycles. The van der Waals surface area contributed by atoms with Gasteiger partial charge in [0.25, 0.3) is 0 Å². The van der Waals surface area contributed by atoms with E-state index in [0.717, 1.165) is 61.6 Å². The lowest BCUT2D eigenvalue weighted by Crippen LogP contribution is -2.26. The van der Waals surface area contributed by atoms with Gasteiger partial charge in [-0.05, 0) is 117 Å². The van der Waals surface area contributed by atoms with Crippen molar-refractivity contribution >= 4 is 56.1 Å². The van der Waals surface area contributed by atoms with Gasteiger partial charge in [-0.15, -0.1) is 0 Å². The summed E-state index contributed by atoms with van der Waals surface area (Å²) < 4.78 is 6.95. The highest BCUT2D eigenvalue weighted by atomic mass is 16.3. The third-order valence-electron chi connectivity index (χ3n) is 14.7. The number of anilines is 6. The molecular formula is C67H44N2O. The molecule has 0 unspecified atom stereocenters. The predicted octanol–water partition coefficient (Wildman–Crippen LogP) is 18.2. The van der Waals surface area contributed by atoms with Crippen LogP contribution in [0.25, 0.3) is 66.4 Å². The number of para-hydroxylation sites is 3. The maximum absolute atomic E-state index is 6.95. The Morgan fingerprint density at radius 1 is 0.271 bits per heavy atom. The molecule has 0 amide bonds. The van der Waals surface area contributed by atoms with E-state index in [9.17, 15) is 0 Å². The summed E-state index contributed by atoms with van der Waals surface area (Å²) in [6.45, 7) is 0. The van der Waals surface area contributed by atoms with Crippen molar-refractivity contribution in [2.24, 2.45) is 0 Å². The van der Waals surface area contributed by atoms with Gasteiger partial charge in [0.2, 0.25) is 0 Å². The minimum absolute atomic E-state index is 0.686. The van der Waals surface area contributed by atoms with E-state index in [1.165, 1.54) is 61.2 Å². The average Bonchev–Trinajstić information content (AvgIpc) is 4.07. The molecule has 0 bridgehead atoms. The van der Waals surface area contributed by atoms with Crippen LogP contribution in [0, 0.1) is 0 Å². The first kappa shape index (κ1) is 39.9. The summed E-state index contributed by atoms with van der Waals surface area (Å²) in [7, 11) is 0. The van der Waals surface area contributed by atoms with E-state index in [0.29, 0.717) is 0 Å². The molecule has 1 spiro atoms. The largest absolute Gasteiger partial charge is 0.455 e. The van der Waals surface area contributed by atoms with Crippen LogP contribution in [0.5, 0.6) is 0 Å². The van der Waals surface area contributed by atoms with E-state index in [-0.39, 0.29) is 0 Å². The summed E-state index contributed by atoms with van der Waals surface area (Å²) >= 11 is 0. The molecule has 3 nitrogen and oxygen atoms in total. The van der Waals surface area contributed by atoms with Gasteiger partial charge in [0, 0.05) is 50.2 Å². The normalized spacial score (nSPS) is 12.7. The second-order valence-corrected chi connectivity index (χ2v) is 18.3. The van der Waals surface area contributed by atoms with Crippen LogP contribution in [-0.4, -0.2) is 0 Å². The fourth-order valence-corrected chi connectivity index (χ4v) is 11.7. The van der Waals surface area contributed by atoms with Gasteiger partial charge in [-0.1, -0.05) is 200 Å². The molecule has 0 saturated carbocycles. The van der Waals surface area contributed by atoms with Crippen LogP contribution in [0.2, 0.25) is 0 Å². The number of furan rings is 1. The van der Waals surface area contributed by atoms with Crippen LogP contribution >= 0.6 is 0 Å². The van der Waals surface area contributed by atoms with Gasteiger partial charge in [-0.3, -0.25) is 0 Å². The predicted molar refractivity (Wildman–Crippen MR) is 290 cm³/mol. The number of rotatable bonds is 8. The average molecular weight is 893 g/mol. The molecule has 0 atom stereocenters. The Balaban J connectivity index is 1.08. The van der Waals surface area contributed by atoms with Gasteiger partial charge >= 0.3 is 0 Å². The van der Waals surface area contributed by atoms with E-state index in [1.54, 1.807) is 0 Å². The Hall–Kier alpha value is -9.18. The molecule has 70 heavy (non-hydrogen) atoms. The topological polar surface area (TPSA) is 19.6 Å². The van der Waals surface area contributed by atoms with Gasteiger partial charge in [-0.2, -0.15) is 0 Å². The maximum atomic E-state index is 6.95. The third-order valence-corrected chi connectivity index (χ3v) is 14.7. The lowest BCUT2D eigenvalue weighted by atomic mass is 9.70. The monoisotopic (exact) mass is 892 g/mol. The molecule has 1 heterocycles. The van der Waals surface area contributed by atoms with Crippen molar-refractivity contribution < 1.29 is 4.42 Å². The first-order valence-corrected chi connectivity index (χ1v) is 24.1. The lowest BCUT2D eigenvalue weighted by Gasteiger charge is -2.32. The van der Waals surface area contributed by atoms with E-state index >= 15 is 0 Å². The number of nitrogens with zero attached hydrogens (tertiary/aromatic N) is 2. The van der Waals surface area contributed by atoms with Crippen molar-refractivity contribution in [2.45, 2.75) is 5.41 Å². The number of fused-ring (bicyclic) bond motifs is 14. The highest BCUT2D eigenvalue weighted by Gasteiger charge is 2.54. The van der Waals surface area contributed by atoms with Crippen molar-refractivity contribution in [1.82, 2.24) is 0 Å². The van der Waals surface area contributed by atoms with Crippen molar-refractivity contribution in [2.75, 3.05) is 9.80 Å². The molecule has 0 saturated heterocycles. The van der Waals surface area contributed by atoms with Crippen molar-refractivity contribution in [1.29, 1.82) is 0 Å². The summed E-state index contributed by atoms with van der Waals surface area (Å²) in [5.74, 6) is 0. The molecule has 0 fully saturated rings. The van der Waals surface area contributed by atoms with Gasteiger partial charge < -0.3 is 14.2 Å². The molecule has 2 aliphatic rings. The molecule has 12 aromatic rings. The molecule has 3 heteroatoms. The van der Waals surface area contributed by atoms with Crippen LogP contribution in [0.1, 0.15) is 22.3 Å². The SMILES string of the molecule is c1ccc(-c2ccc(N(c3ccccc3)c3cccc4c3-c3c(N(c5ccccc5)c5ccc(-c6ccccc6)cc5)cccc3C43c4ccccc4-c4c3ccc3c4oc4ccccc43)cc2)cc1. The minimum atomic E-state index is -0.686. The van der Waals surface area contributed by atoms with Crippen molar-refractivity contribution in [3.8, 4) is 44.5 Å². The quantitative estimate of drug-likeness (QED) is 0.152. The Labute approximate surface area is 407 Å². The highest BCUT2D eigenvalue weighted by Crippen LogP contribution is 2.67. The first-order chi connectivity index (χ1) is 34.8. The summed E-state index contributed by atoms with van der Waals surface area (Å²) in [5.41, 5.74) is 22.1. The van der Waals surface area contributed by atoms with Crippen LogP contribution in [0.4, 0.5) is 34.1 Å². The maximum Gasteiger partial charge on any atom is 0.143 e. The van der Waals surface area contributed by atoms with Crippen LogP contribution in [0.15, 0.2) is 271 Å². The van der Waals surface area contributed by atoms with Crippen LogP contribution < -0.4 is 9.80 Å². The van der Waals surface area contributed by atoms with Gasteiger partial charge in [0.15, 0.2) is 0 Å². The van der Waals surface area contributed by atoms with Crippen LogP contribution in [-0.2, 0) is 5.41 Å². The van der Waals surface area contributed by atoms with Crippen LogP contribution in [0.3, 0.4) is 0 Å². The van der Waals surface area contributed by atoms with Crippen molar-refractivity contribution in [3.05, 3.63) is 289 Å². The zero-order valence-corrected chi connectivity index (χ0v) is 38.2. The fourth-order valence-electron chi connectivity index (χ4n) is 11.7. The highest BCUT2D eigenvalue weighted by molar-refractivity contribution is 6.14. The molecule has 1 aromatic heterocycles. The molecule has 0 aliphatic heterocycles. The van der Waals surface area contributed by atoms with E-state index in [4.69, 9.17) is 4.42 Å². The summed E-state index contributed by atoms with van der Waals surface area (Å²) in [4.78, 5) is 4.91. The molecular weight excluding hydrogens is 849 g/mol. The Morgan fingerprint density at radius 2 is 0.686 bits per heavy atom. The molecule has 11 aromatic carbocycles. The Morgan fingerprint density at radius 3 is 1.23 bits per heavy atom. The number of hydrogen-bond acceptors (Lipinski definition) is 3. The van der Waals surface area contributed by atoms with Gasteiger partial charge in [-0.25, -0.2) is 0 Å². The zero-order valence-electron chi connectivity index (χ0n) is 38.2. The first-order valence-electron chi connectivity index (χ1n) is 24.1. The van der Waals surface area contributed by atoms with Gasteiger partial charge in [0.05, 0.1) is 16.8 Å². The van der Waals surface area contributed by atoms with E-state index in [2.05, 4.69) is 277 Å². The Bertz CT molecular complexity index is 3740. The van der Waals surface area contributed by atoms with Gasteiger partial charge in [0.1, 0.15) is 11.2 Å². The fraction of sp³-hybridized carbons (Fsp3) is 0.0149. The minimum Gasteiger partial charge on any atom is -0.455 e. The molecule has 14 rings (SSSR count). The molecule has 0 N–H and O–H groups in total. The number of hydrogen-bond donors (Lipinski definition) is 0. The second kappa shape index (κ2) is 16.0. The summed E-state index contributed by atoms with van der Waals surface area (Å²) in [5, 5.41) is 2.26.